The molecule has 0 unspecified atom stereocenters. The molecule has 0 aliphatic rings. The minimum absolute atomic E-state index is 0.265. The largest absolute Gasteiger partial charge is 0.379 e. The van der Waals surface area contributed by atoms with Crippen molar-refractivity contribution >= 4 is 40.1 Å². The first-order valence-electron chi connectivity index (χ1n) is 4.56. The van der Waals surface area contributed by atoms with Crippen LogP contribution in [0, 0.1) is 0 Å². The first kappa shape index (κ1) is 12.7. The van der Waals surface area contributed by atoms with Gasteiger partial charge in [-0.15, -0.1) is 5.10 Å². The molecule has 1 atom stereocenters. The Morgan fingerprint density at radius 2 is 2.47 bits per heavy atom. The number of nitrogens with zero attached hydrogens (tertiary/aromatic N) is 3. The quantitative estimate of drug-likeness (QED) is 0.671. The lowest BCUT2D eigenvalue weighted by molar-refractivity contribution is 0.718. The van der Waals surface area contributed by atoms with E-state index in [2.05, 4.69) is 21.5 Å². The Hall–Kier alpha value is -0.330. The SMILES string of the molecule is CC[C@H](C)N=C(N)SCc1nnsc1Cl. The minimum Gasteiger partial charge on any atom is -0.379 e. The van der Waals surface area contributed by atoms with Gasteiger partial charge < -0.3 is 5.73 Å². The zero-order chi connectivity index (χ0) is 11.3. The zero-order valence-electron chi connectivity index (χ0n) is 8.61. The molecule has 0 bridgehead atoms. The van der Waals surface area contributed by atoms with Crippen LogP contribution in [-0.2, 0) is 5.75 Å². The van der Waals surface area contributed by atoms with Gasteiger partial charge in [-0.05, 0) is 13.3 Å². The molecule has 0 saturated carbocycles. The van der Waals surface area contributed by atoms with Crippen LogP contribution >= 0.6 is 34.9 Å². The predicted octanol–water partition coefficient (Wildman–Crippen LogP) is 2.54. The number of aromatic nitrogens is 2. The van der Waals surface area contributed by atoms with Gasteiger partial charge in [0.1, 0.15) is 10.0 Å². The highest BCUT2D eigenvalue weighted by atomic mass is 35.5. The van der Waals surface area contributed by atoms with E-state index in [-0.39, 0.29) is 6.04 Å². The Kier molecular flexibility index (Phi) is 5.35. The fourth-order valence-corrected chi connectivity index (χ4v) is 2.31. The van der Waals surface area contributed by atoms with E-state index in [1.807, 2.05) is 6.92 Å². The lowest BCUT2D eigenvalue weighted by Gasteiger charge is -2.03. The highest BCUT2D eigenvalue weighted by molar-refractivity contribution is 8.13. The summed E-state index contributed by atoms with van der Waals surface area (Å²) in [5, 5.41) is 4.47. The van der Waals surface area contributed by atoms with Crippen molar-refractivity contribution in [2.45, 2.75) is 32.1 Å². The molecule has 15 heavy (non-hydrogen) atoms. The fourth-order valence-electron chi connectivity index (χ4n) is 0.771. The van der Waals surface area contributed by atoms with E-state index in [4.69, 9.17) is 17.3 Å². The molecule has 2 N–H and O–H groups in total. The summed E-state index contributed by atoms with van der Waals surface area (Å²) in [7, 11) is 0. The molecular formula is C8H13ClN4S2. The van der Waals surface area contributed by atoms with E-state index in [1.165, 1.54) is 23.3 Å². The van der Waals surface area contributed by atoms with Gasteiger partial charge in [0.25, 0.3) is 0 Å². The van der Waals surface area contributed by atoms with Crippen LogP contribution in [0.3, 0.4) is 0 Å². The molecule has 0 radical (unpaired) electrons. The molecule has 0 amide bonds. The minimum atomic E-state index is 0.265. The van der Waals surface area contributed by atoms with Gasteiger partial charge >= 0.3 is 0 Å². The van der Waals surface area contributed by atoms with Crippen molar-refractivity contribution in [3.8, 4) is 0 Å². The summed E-state index contributed by atoms with van der Waals surface area (Å²) in [6.45, 7) is 4.11. The number of halogens is 1. The van der Waals surface area contributed by atoms with Gasteiger partial charge in [0.15, 0.2) is 5.17 Å². The lowest BCUT2D eigenvalue weighted by atomic mass is 10.3. The second-order valence-corrected chi connectivity index (χ2v) is 5.36. The smallest absolute Gasteiger partial charge is 0.154 e. The summed E-state index contributed by atoms with van der Waals surface area (Å²) in [6.07, 6.45) is 0.986. The Bertz CT molecular complexity index is 339. The van der Waals surface area contributed by atoms with Crippen molar-refractivity contribution in [1.29, 1.82) is 0 Å². The predicted molar refractivity (Wildman–Crippen MR) is 67.6 cm³/mol. The number of thioether (sulfide) groups is 1. The molecule has 7 heteroatoms. The topological polar surface area (TPSA) is 64.2 Å². The van der Waals surface area contributed by atoms with E-state index in [9.17, 15) is 0 Å². The Morgan fingerprint density at radius 3 is 3.00 bits per heavy atom. The van der Waals surface area contributed by atoms with Gasteiger partial charge in [-0.3, -0.25) is 4.99 Å². The maximum absolute atomic E-state index is 5.86. The lowest BCUT2D eigenvalue weighted by Crippen LogP contribution is -2.11. The van der Waals surface area contributed by atoms with Crippen molar-refractivity contribution < 1.29 is 0 Å². The van der Waals surface area contributed by atoms with Crippen LogP contribution in [0.2, 0.25) is 4.34 Å². The zero-order valence-corrected chi connectivity index (χ0v) is 11.0. The van der Waals surface area contributed by atoms with Gasteiger partial charge in [-0.2, -0.15) is 0 Å². The van der Waals surface area contributed by atoms with E-state index in [0.717, 1.165) is 12.1 Å². The number of nitrogens with two attached hydrogens (primary N) is 1. The van der Waals surface area contributed by atoms with Gasteiger partial charge in [0.2, 0.25) is 0 Å². The molecule has 4 nitrogen and oxygen atoms in total. The van der Waals surface area contributed by atoms with Crippen LogP contribution in [0.5, 0.6) is 0 Å². The molecule has 1 aromatic rings. The van der Waals surface area contributed by atoms with Crippen molar-refractivity contribution in [2.75, 3.05) is 0 Å². The summed E-state index contributed by atoms with van der Waals surface area (Å²) in [4.78, 5) is 4.29. The van der Waals surface area contributed by atoms with Crippen LogP contribution in [0.25, 0.3) is 0 Å². The maximum Gasteiger partial charge on any atom is 0.154 e. The summed E-state index contributed by atoms with van der Waals surface area (Å²) in [5.74, 6) is 0.626. The number of hydrogen-bond acceptors (Lipinski definition) is 5. The first-order valence-corrected chi connectivity index (χ1v) is 6.70. The monoisotopic (exact) mass is 264 g/mol. The molecular weight excluding hydrogens is 252 g/mol. The summed E-state index contributed by atoms with van der Waals surface area (Å²) >= 11 is 8.48. The van der Waals surface area contributed by atoms with Gasteiger partial charge in [0.05, 0.1) is 0 Å². The van der Waals surface area contributed by atoms with Crippen LogP contribution in [0.1, 0.15) is 26.0 Å². The average molecular weight is 265 g/mol. The first-order chi connectivity index (χ1) is 7.13. The fraction of sp³-hybridized carbons (Fsp3) is 0.625. The molecule has 1 rings (SSSR count). The molecule has 0 aliphatic carbocycles. The Balaban J connectivity index is 2.44. The van der Waals surface area contributed by atoms with Crippen molar-refractivity contribution in [1.82, 2.24) is 9.59 Å². The van der Waals surface area contributed by atoms with Gasteiger partial charge in [-0.1, -0.05) is 34.8 Å². The molecule has 84 valence electrons. The molecule has 0 spiro atoms. The Labute approximate surface area is 102 Å². The van der Waals surface area contributed by atoms with E-state index >= 15 is 0 Å². The van der Waals surface area contributed by atoms with E-state index < -0.39 is 0 Å². The van der Waals surface area contributed by atoms with Crippen molar-refractivity contribution in [2.24, 2.45) is 10.7 Å². The molecule has 0 saturated heterocycles. The van der Waals surface area contributed by atoms with E-state index in [1.54, 1.807) is 0 Å². The Morgan fingerprint density at radius 1 is 1.73 bits per heavy atom. The number of aliphatic imine (C=N–C) groups is 1. The highest BCUT2D eigenvalue weighted by Gasteiger charge is 2.06. The van der Waals surface area contributed by atoms with Crippen LogP contribution in [0.4, 0.5) is 0 Å². The summed E-state index contributed by atoms with van der Waals surface area (Å²) < 4.78 is 4.37. The maximum atomic E-state index is 5.86. The second kappa shape index (κ2) is 6.30. The van der Waals surface area contributed by atoms with Crippen molar-refractivity contribution in [3.63, 3.8) is 0 Å². The second-order valence-electron chi connectivity index (χ2n) is 3.01. The van der Waals surface area contributed by atoms with Crippen LogP contribution in [-0.4, -0.2) is 20.8 Å². The highest BCUT2D eigenvalue weighted by Crippen LogP contribution is 2.22. The average Bonchev–Trinajstić information content (AvgIpc) is 2.61. The van der Waals surface area contributed by atoms with Crippen LogP contribution in [0.15, 0.2) is 4.99 Å². The summed E-state index contributed by atoms with van der Waals surface area (Å²) in [5.41, 5.74) is 6.51. The number of amidine groups is 1. The standard InChI is InChI=1S/C8H13ClN4S2/c1-3-5(2)11-8(10)14-4-6-7(9)15-13-12-6/h5H,3-4H2,1-2H3,(H2,10,11)/t5-/m0/s1. The molecule has 0 fully saturated rings. The molecule has 0 aliphatic heterocycles. The third-order valence-corrected chi connectivity index (χ3v) is 3.61. The third kappa shape index (κ3) is 4.36. The third-order valence-electron chi connectivity index (χ3n) is 1.80. The molecule has 1 aromatic heterocycles. The van der Waals surface area contributed by atoms with E-state index in [0.29, 0.717) is 15.3 Å². The number of rotatable bonds is 4. The summed E-state index contributed by atoms with van der Waals surface area (Å²) in [6, 6.07) is 0.265. The van der Waals surface area contributed by atoms with Gasteiger partial charge in [-0.25, -0.2) is 0 Å². The van der Waals surface area contributed by atoms with Crippen LogP contribution < -0.4 is 5.73 Å². The van der Waals surface area contributed by atoms with Gasteiger partial charge in [0, 0.05) is 23.3 Å². The molecule has 0 aromatic carbocycles. The normalized spacial score (nSPS) is 14.2. The number of hydrogen-bond donors (Lipinski definition) is 1. The molecule has 1 heterocycles. The van der Waals surface area contributed by atoms with Crippen molar-refractivity contribution in [3.05, 3.63) is 10.0 Å².